The van der Waals surface area contributed by atoms with Crippen molar-refractivity contribution in [2.45, 2.75) is 91.5 Å². The monoisotopic (exact) mass is 274 g/mol. The summed E-state index contributed by atoms with van der Waals surface area (Å²) in [6.07, 6.45) is 3.25. The number of hydrogen-bond donors (Lipinski definition) is 2. The molecule has 0 aliphatic carbocycles. The number of aliphatic hydroxyl groups is 2. The van der Waals surface area contributed by atoms with Crippen LogP contribution in [0.5, 0.6) is 0 Å². The Morgan fingerprint density at radius 2 is 1.47 bits per heavy atom. The predicted molar refractivity (Wildman–Crippen MR) is 80.3 cm³/mol. The van der Waals surface area contributed by atoms with E-state index in [9.17, 15) is 10.2 Å². The molecule has 0 saturated carbocycles. The maximum atomic E-state index is 10.1. The van der Waals surface area contributed by atoms with E-state index < -0.39 is 6.10 Å². The van der Waals surface area contributed by atoms with E-state index in [0.717, 1.165) is 25.7 Å². The lowest BCUT2D eigenvalue weighted by Gasteiger charge is -2.33. The Balaban J connectivity index is 4.26. The van der Waals surface area contributed by atoms with Crippen LogP contribution in [0.15, 0.2) is 0 Å². The first-order chi connectivity index (χ1) is 8.68. The van der Waals surface area contributed by atoms with E-state index in [-0.39, 0.29) is 17.1 Å². The molecule has 0 aromatic heterocycles. The van der Waals surface area contributed by atoms with Gasteiger partial charge in [-0.1, -0.05) is 41.0 Å². The van der Waals surface area contributed by atoms with Gasteiger partial charge < -0.3 is 14.9 Å². The van der Waals surface area contributed by atoms with Crippen LogP contribution in [0, 0.1) is 5.41 Å². The van der Waals surface area contributed by atoms with Crippen LogP contribution in [0.3, 0.4) is 0 Å². The van der Waals surface area contributed by atoms with E-state index >= 15 is 0 Å². The molecule has 0 radical (unpaired) electrons. The summed E-state index contributed by atoms with van der Waals surface area (Å²) in [5, 5.41) is 19.9. The van der Waals surface area contributed by atoms with Crippen molar-refractivity contribution >= 4 is 0 Å². The molecule has 19 heavy (non-hydrogen) atoms. The standard InChI is InChI=1S/C16H34O3/c1-7-13(17)11-16(6,9-3)19-12-14(18)10-15(4,5)8-2/h13-14,17-18H,7-12H2,1-6H3. The van der Waals surface area contributed by atoms with Crippen LogP contribution in [0.4, 0.5) is 0 Å². The summed E-state index contributed by atoms with van der Waals surface area (Å²) in [6.45, 7) is 12.9. The van der Waals surface area contributed by atoms with Gasteiger partial charge in [0.15, 0.2) is 0 Å². The topological polar surface area (TPSA) is 49.7 Å². The van der Waals surface area contributed by atoms with Crippen LogP contribution < -0.4 is 0 Å². The molecule has 0 spiro atoms. The van der Waals surface area contributed by atoms with Crippen molar-refractivity contribution in [3.8, 4) is 0 Å². The zero-order valence-corrected chi connectivity index (χ0v) is 13.7. The summed E-state index contributed by atoms with van der Waals surface area (Å²) in [7, 11) is 0. The maximum Gasteiger partial charge on any atom is 0.0779 e. The van der Waals surface area contributed by atoms with Gasteiger partial charge in [0.05, 0.1) is 24.4 Å². The fourth-order valence-electron chi connectivity index (χ4n) is 2.09. The van der Waals surface area contributed by atoms with Gasteiger partial charge >= 0.3 is 0 Å². The number of ether oxygens (including phenoxy) is 1. The van der Waals surface area contributed by atoms with Gasteiger partial charge in [0.1, 0.15) is 0 Å². The predicted octanol–water partition coefficient (Wildman–Crippen LogP) is 3.52. The van der Waals surface area contributed by atoms with Gasteiger partial charge in [-0.3, -0.25) is 0 Å². The first-order valence-electron chi connectivity index (χ1n) is 7.68. The van der Waals surface area contributed by atoms with Gasteiger partial charge in [-0.25, -0.2) is 0 Å². The van der Waals surface area contributed by atoms with Crippen molar-refractivity contribution < 1.29 is 14.9 Å². The Bertz CT molecular complexity index is 240. The maximum absolute atomic E-state index is 10.1. The average Bonchev–Trinajstić information content (AvgIpc) is 2.36. The van der Waals surface area contributed by atoms with Crippen molar-refractivity contribution in [1.29, 1.82) is 0 Å². The Morgan fingerprint density at radius 3 is 1.89 bits per heavy atom. The molecule has 2 N–H and O–H groups in total. The van der Waals surface area contributed by atoms with E-state index in [1.807, 2.05) is 13.8 Å². The highest BCUT2D eigenvalue weighted by Gasteiger charge is 2.28. The fraction of sp³-hybridized carbons (Fsp3) is 1.00. The van der Waals surface area contributed by atoms with Crippen molar-refractivity contribution in [2.24, 2.45) is 5.41 Å². The zero-order chi connectivity index (χ0) is 15.1. The summed E-state index contributed by atoms with van der Waals surface area (Å²) in [5.74, 6) is 0. The minimum atomic E-state index is -0.431. The van der Waals surface area contributed by atoms with Crippen LogP contribution in [0.25, 0.3) is 0 Å². The van der Waals surface area contributed by atoms with E-state index in [4.69, 9.17) is 4.74 Å². The van der Waals surface area contributed by atoms with Crippen molar-refractivity contribution in [3.05, 3.63) is 0 Å². The van der Waals surface area contributed by atoms with Gasteiger partial charge in [0.2, 0.25) is 0 Å². The van der Waals surface area contributed by atoms with Gasteiger partial charge in [0, 0.05) is 6.42 Å². The first kappa shape index (κ1) is 18.9. The molecule has 0 aromatic carbocycles. The third-order valence-corrected chi connectivity index (χ3v) is 4.26. The Kier molecular flexibility index (Phi) is 8.18. The summed E-state index contributed by atoms with van der Waals surface area (Å²) < 4.78 is 5.89. The lowest BCUT2D eigenvalue weighted by Crippen LogP contribution is -2.36. The van der Waals surface area contributed by atoms with Gasteiger partial charge in [-0.15, -0.1) is 0 Å². The molecule has 3 unspecified atom stereocenters. The second kappa shape index (κ2) is 8.23. The third kappa shape index (κ3) is 7.91. The molecule has 3 atom stereocenters. The number of hydrogen-bond acceptors (Lipinski definition) is 3. The number of aliphatic hydroxyl groups excluding tert-OH is 2. The highest BCUT2D eigenvalue weighted by Crippen LogP contribution is 2.28. The quantitative estimate of drug-likeness (QED) is 0.641. The molecule has 3 nitrogen and oxygen atoms in total. The smallest absolute Gasteiger partial charge is 0.0779 e. The highest BCUT2D eigenvalue weighted by atomic mass is 16.5. The van der Waals surface area contributed by atoms with Gasteiger partial charge in [-0.2, -0.15) is 0 Å². The molecule has 0 aliphatic heterocycles. The molecule has 0 rings (SSSR count). The fourth-order valence-corrected chi connectivity index (χ4v) is 2.09. The van der Waals surface area contributed by atoms with Crippen molar-refractivity contribution in [1.82, 2.24) is 0 Å². The van der Waals surface area contributed by atoms with E-state index in [1.165, 1.54) is 0 Å². The normalized spacial score (nSPS) is 18.9. The average molecular weight is 274 g/mol. The van der Waals surface area contributed by atoms with Gasteiger partial charge in [0.25, 0.3) is 0 Å². The second-order valence-corrected chi connectivity index (χ2v) is 6.76. The Hall–Kier alpha value is -0.120. The third-order valence-electron chi connectivity index (χ3n) is 4.26. The molecule has 3 heteroatoms. The van der Waals surface area contributed by atoms with E-state index in [0.29, 0.717) is 13.0 Å². The summed E-state index contributed by atoms with van der Waals surface area (Å²) in [6, 6.07) is 0. The molecule has 116 valence electrons. The minimum Gasteiger partial charge on any atom is -0.393 e. The molecule has 0 saturated heterocycles. The number of rotatable bonds is 10. The van der Waals surface area contributed by atoms with Crippen LogP contribution in [-0.2, 0) is 4.74 Å². The zero-order valence-electron chi connectivity index (χ0n) is 13.7. The minimum absolute atomic E-state index is 0.147. The van der Waals surface area contributed by atoms with Crippen molar-refractivity contribution in [3.63, 3.8) is 0 Å². The van der Waals surface area contributed by atoms with E-state index in [2.05, 4.69) is 27.7 Å². The summed E-state index contributed by atoms with van der Waals surface area (Å²) >= 11 is 0. The molecular weight excluding hydrogens is 240 g/mol. The largest absolute Gasteiger partial charge is 0.393 e. The van der Waals surface area contributed by atoms with Crippen molar-refractivity contribution in [2.75, 3.05) is 6.61 Å². The summed E-state index contributed by atoms with van der Waals surface area (Å²) in [5.41, 5.74) is -0.193. The molecule has 0 fully saturated rings. The Labute approximate surface area is 119 Å². The second-order valence-electron chi connectivity index (χ2n) is 6.76. The highest BCUT2D eigenvalue weighted by molar-refractivity contribution is 4.79. The lowest BCUT2D eigenvalue weighted by molar-refractivity contribution is -0.0984. The SMILES string of the molecule is CCC(O)CC(C)(CC)OCC(O)CC(C)(C)CC. The molecule has 0 aromatic rings. The molecular formula is C16H34O3. The van der Waals surface area contributed by atoms with E-state index in [1.54, 1.807) is 0 Å². The first-order valence-corrected chi connectivity index (χ1v) is 7.68. The van der Waals surface area contributed by atoms with Crippen LogP contribution >= 0.6 is 0 Å². The molecule has 0 bridgehead atoms. The Morgan fingerprint density at radius 1 is 0.895 bits per heavy atom. The molecule has 0 aliphatic rings. The molecule has 0 amide bonds. The summed E-state index contributed by atoms with van der Waals surface area (Å²) in [4.78, 5) is 0. The molecule has 0 heterocycles. The van der Waals surface area contributed by atoms with Crippen LogP contribution in [0.2, 0.25) is 0 Å². The van der Waals surface area contributed by atoms with Crippen LogP contribution in [-0.4, -0.2) is 34.6 Å². The van der Waals surface area contributed by atoms with Gasteiger partial charge in [-0.05, 0) is 31.6 Å². The lowest BCUT2D eigenvalue weighted by atomic mass is 9.84. The van der Waals surface area contributed by atoms with Crippen LogP contribution in [0.1, 0.15) is 73.6 Å².